The van der Waals surface area contributed by atoms with Gasteiger partial charge in [0.2, 0.25) is 0 Å². The SMILES string of the molecule is CCCCCCC(C)NC(=O)c1cn[nH]n1. The number of carbonyl (C=O) groups excluding carboxylic acids is 1. The van der Waals surface area contributed by atoms with Gasteiger partial charge in [-0.2, -0.15) is 15.4 Å². The minimum atomic E-state index is -0.156. The molecule has 1 aromatic heterocycles. The van der Waals surface area contributed by atoms with Crippen LogP contribution in [-0.4, -0.2) is 27.4 Å². The van der Waals surface area contributed by atoms with Gasteiger partial charge in [-0.05, 0) is 13.3 Å². The molecule has 2 N–H and O–H groups in total. The van der Waals surface area contributed by atoms with E-state index in [1.54, 1.807) is 0 Å². The maximum Gasteiger partial charge on any atom is 0.273 e. The molecule has 1 amide bonds. The molecule has 1 rings (SSSR count). The summed E-state index contributed by atoms with van der Waals surface area (Å²) in [6, 6.07) is 0.195. The summed E-state index contributed by atoms with van der Waals surface area (Å²) >= 11 is 0. The molecule has 1 atom stereocenters. The zero-order valence-electron chi connectivity index (χ0n) is 9.99. The van der Waals surface area contributed by atoms with Crippen LogP contribution in [0.3, 0.4) is 0 Å². The first kappa shape index (κ1) is 12.7. The number of unbranched alkanes of at least 4 members (excludes halogenated alkanes) is 3. The highest BCUT2D eigenvalue weighted by Crippen LogP contribution is 2.05. The largest absolute Gasteiger partial charge is 0.348 e. The summed E-state index contributed by atoms with van der Waals surface area (Å²) in [5.41, 5.74) is 0.348. The van der Waals surface area contributed by atoms with Gasteiger partial charge in [-0.3, -0.25) is 4.79 Å². The number of rotatable bonds is 7. The van der Waals surface area contributed by atoms with E-state index in [0.29, 0.717) is 5.69 Å². The second-order valence-electron chi connectivity index (χ2n) is 4.08. The number of aromatic amines is 1. The highest BCUT2D eigenvalue weighted by atomic mass is 16.2. The Balaban J connectivity index is 2.19. The van der Waals surface area contributed by atoms with Crippen LogP contribution in [0.25, 0.3) is 0 Å². The molecule has 0 radical (unpaired) electrons. The Labute approximate surface area is 96.0 Å². The van der Waals surface area contributed by atoms with Crippen LogP contribution in [0.5, 0.6) is 0 Å². The highest BCUT2D eigenvalue weighted by molar-refractivity contribution is 5.91. The molecule has 0 aliphatic heterocycles. The highest BCUT2D eigenvalue weighted by Gasteiger charge is 2.11. The maximum absolute atomic E-state index is 11.6. The van der Waals surface area contributed by atoms with E-state index < -0.39 is 0 Å². The predicted molar refractivity (Wildman–Crippen MR) is 62.1 cm³/mol. The minimum Gasteiger partial charge on any atom is -0.348 e. The number of aromatic nitrogens is 3. The summed E-state index contributed by atoms with van der Waals surface area (Å²) in [6.07, 6.45) is 7.35. The van der Waals surface area contributed by atoms with E-state index in [1.807, 2.05) is 6.92 Å². The molecule has 0 spiro atoms. The molecule has 0 aromatic carbocycles. The Morgan fingerprint density at radius 3 is 2.94 bits per heavy atom. The van der Waals surface area contributed by atoms with Crippen molar-refractivity contribution in [2.24, 2.45) is 0 Å². The zero-order chi connectivity index (χ0) is 11.8. The fraction of sp³-hybridized carbons (Fsp3) is 0.727. The Kier molecular flexibility index (Phi) is 5.53. The number of nitrogens with zero attached hydrogens (tertiary/aromatic N) is 2. The van der Waals surface area contributed by atoms with Crippen LogP contribution in [0.15, 0.2) is 6.20 Å². The van der Waals surface area contributed by atoms with Crippen molar-refractivity contribution in [1.82, 2.24) is 20.7 Å². The van der Waals surface area contributed by atoms with E-state index in [-0.39, 0.29) is 11.9 Å². The van der Waals surface area contributed by atoms with Crippen LogP contribution >= 0.6 is 0 Å². The molecule has 1 unspecified atom stereocenters. The van der Waals surface area contributed by atoms with E-state index in [0.717, 1.165) is 12.8 Å². The van der Waals surface area contributed by atoms with Crippen molar-refractivity contribution >= 4 is 5.91 Å². The molecule has 1 heterocycles. The van der Waals surface area contributed by atoms with Crippen LogP contribution in [0.4, 0.5) is 0 Å². The van der Waals surface area contributed by atoms with Gasteiger partial charge in [-0.1, -0.05) is 32.6 Å². The average Bonchev–Trinajstić information content (AvgIpc) is 2.77. The topological polar surface area (TPSA) is 70.7 Å². The summed E-state index contributed by atoms with van der Waals surface area (Å²) in [4.78, 5) is 11.6. The van der Waals surface area contributed by atoms with Gasteiger partial charge < -0.3 is 5.32 Å². The summed E-state index contributed by atoms with van der Waals surface area (Å²) in [6.45, 7) is 4.21. The van der Waals surface area contributed by atoms with E-state index in [4.69, 9.17) is 0 Å². The fourth-order valence-corrected chi connectivity index (χ4v) is 1.56. The van der Waals surface area contributed by atoms with Gasteiger partial charge >= 0.3 is 0 Å². The molecule has 0 aliphatic rings. The maximum atomic E-state index is 11.6. The molecule has 5 nitrogen and oxygen atoms in total. The molecular weight excluding hydrogens is 204 g/mol. The van der Waals surface area contributed by atoms with Crippen molar-refractivity contribution in [1.29, 1.82) is 0 Å². The zero-order valence-corrected chi connectivity index (χ0v) is 9.99. The normalized spacial score (nSPS) is 12.4. The molecule has 0 saturated carbocycles. The molecule has 0 aliphatic carbocycles. The Morgan fingerprint density at radius 2 is 2.31 bits per heavy atom. The molecule has 0 saturated heterocycles. The fourth-order valence-electron chi connectivity index (χ4n) is 1.56. The lowest BCUT2D eigenvalue weighted by Crippen LogP contribution is -2.32. The van der Waals surface area contributed by atoms with Gasteiger partial charge in [0, 0.05) is 6.04 Å². The number of hydrogen-bond acceptors (Lipinski definition) is 3. The Morgan fingerprint density at radius 1 is 1.50 bits per heavy atom. The van der Waals surface area contributed by atoms with E-state index in [9.17, 15) is 4.79 Å². The van der Waals surface area contributed by atoms with Gasteiger partial charge in [0.1, 0.15) is 0 Å². The summed E-state index contributed by atoms with van der Waals surface area (Å²) in [7, 11) is 0. The number of H-pyrrole nitrogens is 1. The lowest BCUT2D eigenvalue weighted by molar-refractivity contribution is 0.0933. The molecule has 1 aromatic rings. The second kappa shape index (κ2) is 6.98. The van der Waals surface area contributed by atoms with Gasteiger partial charge in [-0.25, -0.2) is 0 Å². The molecule has 16 heavy (non-hydrogen) atoms. The molecule has 0 bridgehead atoms. The Bertz CT molecular complexity index is 297. The van der Waals surface area contributed by atoms with Crippen molar-refractivity contribution in [2.45, 2.75) is 52.0 Å². The van der Waals surface area contributed by atoms with Crippen molar-refractivity contribution in [2.75, 3.05) is 0 Å². The number of carbonyl (C=O) groups is 1. The third kappa shape index (κ3) is 4.42. The predicted octanol–water partition coefficient (Wildman–Crippen LogP) is 1.89. The molecule has 0 fully saturated rings. The third-order valence-corrected chi connectivity index (χ3v) is 2.52. The van der Waals surface area contributed by atoms with Crippen LogP contribution < -0.4 is 5.32 Å². The monoisotopic (exact) mass is 224 g/mol. The van der Waals surface area contributed by atoms with E-state index in [2.05, 4.69) is 27.7 Å². The van der Waals surface area contributed by atoms with Crippen molar-refractivity contribution in [3.63, 3.8) is 0 Å². The smallest absolute Gasteiger partial charge is 0.273 e. The first-order valence-electron chi connectivity index (χ1n) is 5.90. The van der Waals surface area contributed by atoms with Gasteiger partial charge in [0.15, 0.2) is 5.69 Å². The lowest BCUT2D eigenvalue weighted by atomic mass is 10.1. The molecule has 90 valence electrons. The van der Waals surface area contributed by atoms with E-state index >= 15 is 0 Å². The van der Waals surface area contributed by atoms with Crippen molar-refractivity contribution in [3.05, 3.63) is 11.9 Å². The second-order valence-corrected chi connectivity index (χ2v) is 4.08. The first-order chi connectivity index (χ1) is 7.74. The van der Waals surface area contributed by atoms with Gasteiger partial charge in [0.05, 0.1) is 6.20 Å². The van der Waals surface area contributed by atoms with E-state index in [1.165, 1.54) is 25.5 Å². The summed E-state index contributed by atoms with van der Waals surface area (Å²) < 4.78 is 0. The summed E-state index contributed by atoms with van der Waals surface area (Å²) in [5.74, 6) is -0.156. The summed E-state index contributed by atoms with van der Waals surface area (Å²) in [5, 5.41) is 12.7. The van der Waals surface area contributed by atoms with Crippen LogP contribution in [-0.2, 0) is 0 Å². The molecule has 5 heteroatoms. The van der Waals surface area contributed by atoms with Crippen molar-refractivity contribution < 1.29 is 4.79 Å². The number of amides is 1. The minimum absolute atomic E-state index is 0.156. The van der Waals surface area contributed by atoms with Crippen LogP contribution in [0.1, 0.15) is 56.4 Å². The lowest BCUT2D eigenvalue weighted by Gasteiger charge is -2.12. The standard InChI is InChI=1S/C11H20N4O/c1-3-4-5-6-7-9(2)13-11(16)10-8-12-15-14-10/h8-9H,3-7H2,1-2H3,(H,13,16)(H,12,14,15). The van der Waals surface area contributed by atoms with Crippen LogP contribution in [0.2, 0.25) is 0 Å². The van der Waals surface area contributed by atoms with Crippen molar-refractivity contribution in [3.8, 4) is 0 Å². The Hall–Kier alpha value is -1.39. The molecular formula is C11H20N4O. The quantitative estimate of drug-likeness (QED) is 0.695. The number of nitrogens with one attached hydrogen (secondary N) is 2. The van der Waals surface area contributed by atoms with Gasteiger partial charge in [-0.15, -0.1) is 0 Å². The third-order valence-electron chi connectivity index (χ3n) is 2.52. The van der Waals surface area contributed by atoms with Gasteiger partial charge in [0.25, 0.3) is 5.91 Å². The number of hydrogen-bond donors (Lipinski definition) is 2. The average molecular weight is 224 g/mol. The first-order valence-corrected chi connectivity index (χ1v) is 5.90. The van der Waals surface area contributed by atoms with Crippen LogP contribution in [0, 0.1) is 0 Å².